The van der Waals surface area contributed by atoms with Crippen LogP contribution in [0.25, 0.3) is 0 Å². The van der Waals surface area contributed by atoms with Crippen LogP contribution in [0.5, 0.6) is 0 Å². The lowest BCUT2D eigenvalue weighted by Crippen LogP contribution is -2.33. The number of hydrogen-bond donors (Lipinski definition) is 1. The van der Waals surface area contributed by atoms with Crippen molar-refractivity contribution in [2.24, 2.45) is 0 Å². The molecule has 0 saturated carbocycles. The highest BCUT2D eigenvalue weighted by molar-refractivity contribution is 8.00. The summed E-state index contributed by atoms with van der Waals surface area (Å²) in [5, 5.41) is 3.15. The van der Waals surface area contributed by atoms with Crippen molar-refractivity contribution in [1.29, 1.82) is 0 Å². The SMILES string of the molecule is C[C@H](Sc1ncccn1)C(=O)N[C@H](C)c1ccc(F)cc1. The second kappa shape index (κ2) is 7.17. The maximum Gasteiger partial charge on any atom is 0.233 e. The third-order valence-corrected chi connectivity index (χ3v) is 3.91. The van der Waals surface area contributed by atoms with E-state index in [1.54, 1.807) is 37.5 Å². The van der Waals surface area contributed by atoms with Gasteiger partial charge in [0.15, 0.2) is 5.16 Å². The highest BCUT2D eigenvalue weighted by Gasteiger charge is 2.18. The fraction of sp³-hybridized carbons (Fsp3) is 0.267. The van der Waals surface area contributed by atoms with Gasteiger partial charge in [-0.3, -0.25) is 4.79 Å². The smallest absolute Gasteiger partial charge is 0.233 e. The van der Waals surface area contributed by atoms with Crippen molar-refractivity contribution in [2.75, 3.05) is 0 Å². The molecule has 1 aromatic heterocycles. The zero-order valence-corrected chi connectivity index (χ0v) is 12.6. The van der Waals surface area contributed by atoms with Gasteiger partial charge in [-0.1, -0.05) is 23.9 Å². The van der Waals surface area contributed by atoms with Crippen LogP contribution in [0.4, 0.5) is 4.39 Å². The van der Waals surface area contributed by atoms with Crippen LogP contribution in [0.2, 0.25) is 0 Å². The van der Waals surface area contributed by atoms with Gasteiger partial charge in [0.1, 0.15) is 5.82 Å². The Bertz CT molecular complexity index is 592. The van der Waals surface area contributed by atoms with Crippen molar-refractivity contribution >= 4 is 17.7 Å². The van der Waals surface area contributed by atoms with Crippen LogP contribution in [-0.2, 0) is 4.79 Å². The lowest BCUT2D eigenvalue weighted by Gasteiger charge is -2.17. The number of carbonyl (C=O) groups excluding carboxylic acids is 1. The quantitative estimate of drug-likeness (QED) is 0.681. The molecule has 1 aromatic carbocycles. The van der Waals surface area contributed by atoms with Crippen LogP contribution in [-0.4, -0.2) is 21.1 Å². The number of halogens is 1. The summed E-state index contributed by atoms with van der Waals surface area (Å²) in [6, 6.07) is 7.64. The van der Waals surface area contributed by atoms with Crippen molar-refractivity contribution in [2.45, 2.75) is 30.3 Å². The van der Waals surface area contributed by atoms with E-state index in [2.05, 4.69) is 15.3 Å². The summed E-state index contributed by atoms with van der Waals surface area (Å²) in [5.74, 6) is -0.397. The van der Waals surface area contributed by atoms with E-state index in [0.717, 1.165) is 5.56 Å². The molecule has 110 valence electrons. The van der Waals surface area contributed by atoms with Crippen LogP contribution in [0.15, 0.2) is 47.9 Å². The van der Waals surface area contributed by atoms with Gasteiger partial charge in [-0.15, -0.1) is 0 Å². The number of thioether (sulfide) groups is 1. The molecule has 2 aromatic rings. The Labute approximate surface area is 127 Å². The predicted octanol–water partition coefficient (Wildman–Crippen LogP) is 2.97. The molecular formula is C15H16FN3OS. The molecule has 0 unspecified atom stereocenters. The number of aromatic nitrogens is 2. The number of benzene rings is 1. The van der Waals surface area contributed by atoms with E-state index in [4.69, 9.17) is 0 Å². The number of rotatable bonds is 5. The molecule has 0 aliphatic carbocycles. The Morgan fingerprint density at radius 2 is 1.81 bits per heavy atom. The molecule has 0 bridgehead atoms. The summed E-state index contributed by atoms with van der Waals surface area (Å²) >= 11 is 1.30. The monoisotopic (exact) mass is 305 g/mol. The second-order valence-corrected chi connectivity index (χ2v) is 5.88. The first-order valence-electron chi connectivity index (χ1n) is 6.56. The Balaban J connectivity index is 1.92. The Morgan fingerprint density at radius 3 is 2.43 bits per heavy atom. The molecule has 2 atom stereocenters. The lowest BCUT2D eigenvalue weighted by atomic mass is 10.1. The van der Waals surface area contributed by atoms with Gasteiger partial charge < -0.3 is 5.32 Å². The summed E-state index contributed by atoms with van der Waals surface area (Å²) in [7, 11) is 0. The average Bonchev–Trinajstić information content (AvgIpc) is 2.48. The summed E-state index contributed by atoms with van der Waals surface area (Å²) in [4.78, 5) is 20.3. The minimum absolute atomic E-state index is 0.107. The molecule has 4 nitrogen and oxygen atoms in total. The van der Waals surface area contributed by atoms with E-state index >= 15 is 0 Å². The van der Waals surface area contributed by atoms with Gasteiger partial charge in [0, 0.05) is 12.4 Å². The maximum atomic E-state index is 12.9. The number of hydrogen-bond acceptors (Lipinski definition) is 4. The van der Waals surface area contributed by atoms with Crippen molar-refractivity contribution < 1.29 is 9.18 Å². The standard InChI is InChI=1S/C15H16FN3OS/c1-10(12-4-6-13(16)7-5-12)19-14(20)11(2)21-15-17-8-3-9-18-15/h3-11H,1-2H3,(H,19,20)/t10-,11+/m1/s1. The molecule has 1 N–H and O–H groups in total. The van der Waals surface area contributed by atoms with Crippen LogP contribution in [0.3, 0.4) is 0 Å². The molecule has 2 rings (SSSR count). The van der Waals surface area contributed by atoms with E-state index in [9.17, 15) is 9.18 Å². The first-order chi connectivity index (χ1) is 10.1. The minimum atomic E-state index is -0.310. The van der Waals surface area contributed by atoms with Gasteiger partial charge in [-0.25, -0.2) is 14.4 Å². The topological polar surface area (TPSA) is 54.9 Å². The molecule has 1 heterocycles. The zero-order valence-electron chi connectivity index (χ0n) is 11.8. The normalized spacial score (nSPS) is 13.5. The van der Waals surface area contributed by atoms with E-state index in [0.29, 0.717) is 5.16 Å². The summed E-state index contributed by atoms with van der Waals surface area (Å²) in [5.41, 5.74) is 0.859. The average molecular weight is 305 g/mol. The van der Waals surface area contributed by atoms with E-state index in [1.165, 1.54) is 23.9 Å². The molecule has 0 aliphatic heterocycles. The van der Waals surface area contributed by atoms with Crippen LogP contribution >= 0.6 is 11.8 Å². The van der Waals surface area contributed by atoms with Gasteiger partial charge in [0.2, 0.25) is 5.91 Å². The van der Waals surface area contributed by atoms with E-state index in [1.807, 2.05) is 6.92 Å². The fourth-order valence-electron chi connectivity index (χ4n) is 1.72. The number of carbonyl (C=O) groups is 1. The molecule has 1 amide bonds. The van der Waals surface area contributed by atoms with Crippen molar-refractivity contribution in [1.82, 2.24) is 15.3 Å². The molecule has 0 spiro atoms. The lowest BCUT2D eigenvalue weighted by molar-refractivity contribution is -0.120. The molecule has 0 fully saturated rings. The number of amides is 1. The second-order valence-electron chi connectivity index (χ2n) is 4.57. The summed E-state index contributed by atoms with van der Waals surface area (Å²) in [6.45, 7) is 3.66. The Kier molecular flexibility index (Phi) is 5.27. The molecule has 0 aliphatic rings. The number of nitrogens with one attached hydrogen (secondary N) is 1. The maximum absolute atomic E-state index is 12.9. The minimum Gasteiger partial charge on any atom is -0.349 e. The number of nitrogens with zero attached hydrogens (tertiary/aromatic N) is 2. The molecule has 6 heteroatoms. The van der Waals surface area contributed by atoms with Crippen LogP contribution in [0, 0.1) is 5.82 Å². The molecule has 21 heavy (non-hydrogen) atoms. The zero-order chi connectivity index (χ0) is 15.2. The first kappa shape index (κ1) is 15.4. The molecule has 0 saturated heterocycles. The summed E-state index contributed by atoms with van der Waals surface area (Å²) < 4.78 is 12.9. The van der Waals surface area contributed by atoms with Crippen molar-refractivity contribution in [3.8, 4) is 0 Å². The summed E-state index contributed by atoms with van der Waals surface area (Å²) in [6.07, 6.45) is 3.28. The highest BCUT2D eigenvalue weighted by Crippen LogP contribution is 2.20. The third-order valence-electron chi connectivity index (χ3n) is 2.92. The van der Waals surface area contributed by atoms with Crippen molar-refractivity contribution in [3.63, 3.8) is 0 Å². The largest absolute Gasteiger partial charge is 0.349 e. The van der Waals surface area contributed by atoms with Crippen LogP contribution < -0.4 is 5.32 Å². The van der Waals surface area contributed by atoms with Gasteiger partial charge in [-0.2, -0.15) is 0 Å². The fourth-order valence-corrected chi connectivity index (χ4v) is 2.46. The van der Waals surface area contributed by atoms with Gasteiger partial charge in [0.05, 0.1) is 11.3 Å². The molecular weight excluding hydrogens is 289 g/mol. The van der Waals surface area contributed by atoms with Gasteiger partial charge in [0.25, 0.3) is 0 Å². The Morgan fingerprint density at radius 1 is 1.19 bits per heavy atom. The third kappa shape index (κ3) is 4.53. The van der Waals surface area contributed by atoms with Crippen molar-refractivity contribution in [3.05, 3.63) is 54.1 Å². The Hall–Kier alpha value is -1.95. The van der Waals surface area contributed by atoms with E-state index < -0.39 is 0 Å². The van der Waals surface area contributed by atoms with E-state index in [-0.39, 0.29) is 23.0 Å². The molecule has 0 radical (unpaired) electrons. The highest BCUT2D eigenvalue weighted by atomic mass is 32.2. The van der Waals surface area contributed by atoms with Gasteiger partial charge >= 0.3 is 0 Å². The van der Waals surface area contributed by atoms with Gasteiger partial charge in [-0.05, 0) is 37.6 Å². The van der Waals surface area contributed by atoms with Crippen LogP contribution in [0.1, 0.15) is 25.5 Å². The predicted molar refractivity (Wildman–Crippen MR) is 80.3 cm³/mol. The first-order valence-corrected chi connectivity index (χ1v) is 7.43.